The van der Waals surface area contributed by atoms with Crippen LogP contribution in [0.25, 0.3) is 0 Å². The summed E-state index contributed by atoms with van der Waals surface area (Å²) < 4.78 is 11.4. The summed E-state index contributed by atoms with van der Waals surface area (Å²) in [6.07, 6.45) is 0. The van der Waals surface area contributed by atoms with Gasteiger partial charge in [-0.25, -0.2) is 0 Å². The monoisotopic (exact) mass is 324 g/mol. The van der Waals surface area contributed by atoms with Crippen molar-refractivity contribution in [1.82, 2.24) is 0 Å². The second kappa shape index (κ2) is 5.74. The van der Waals surface area contributed by atoms with E-state index >= 15 is 0 Å². The Labute approximate surface area is 141 Å². The van der Waals surface area contributed by atoms with Crippen molar-refractivity contribution < 1.29 is 14.3 Å². The first-order valence-electron chi connectivity index (χ1n) is 8.23. The Kier molecular flexibility index (Phi) is 3.56. The van der Waals surface area contributed by atoms with E-state index in [-0.39, 0.29) is 11.9 Å². The number of hydrogen-bond donors (Lipinski definition) is 1. The molecule has 2 aliphatic heterocycles. The van der Waals surface area contributed by atoms with Crippen LogP contribution in [-0.4, -0.2) is 25.2 Å². The molecule has 2 aliphatic rings. The Morgan fingerprint density at radius 1 is 1.08 bits per heavy atom. The summed E-state index contributed by atoms with van der Waals surface area (Å²) in [5.74, 6) is 1.45. The van der Waals surface area contributed by atoms with Crippen molar-refractivity contribution in [3.8, 4) is 11.5 Å². The number of amides is 1. The first-order chi connectivity index (χ1) is 11.6. The predicted octanol–water partition coefficient (Wildman–Crippen LogP) is 3.37. The zero-order valence-corrected chi connectivity index (χ0v) is 13.8. The number of anilines is 2. The van der Waals surface area contributed by atoms with Crippen LogP contribution in [0, 0.1) is 0 Å². The fraction of sp³-hybridized carbons (Fsp3) is 0.316. The minimum absolute atomic E-state index is 0.0420. The van der Waals surface area contributed by atoms with E-state index in [2.05, 4.69) is 5.32 Å². The van der Waals surface area contributed by atoms with E-state index in [9.17, 15) is 4.79 Å². The molecule has 0 fully saturated rings. The van der Waals surface area contributed by atoms with Crippen LogP contribution in [0.4, 0.5) is 11.4 Å². The summed E-state index contributed by atoms with van der Waals surface area (Å²) in [5, 5.41) is 3.37. The van der Waals surface area contributed by atoms with Gasteiger partial charge in [0, 0.05) is 18.2 Å². The van der Waals surface area contributed by atoms with Gasteiger partial charge >= 0.3 is 0 Å². The van der Waals surface area contributed by atoms with Gasteiger partial charge in [-0.2, -0.15) is 0 Å². The molecule has 2 aromatic rings. The Hall–Kier alpha value is -2.69. The summed E-state index contributed by atoms with van der Waals surface area (Å²) in [6, 6.07) is 13.3. The van der Waals surface area contributed by atoms with Crippen LogP contribution < -0.4 is 19.7 Å². The molecule has 5 nitrogen and oxygen atoms in total. The minimum Gasteiger partial charge on any atom is -0.486 e. The predicted molar refractivity (Wildman–Crippen MR) is 92.9 cm³/mol. The molecule has 2 heterocycles. The van der Waals surface area contributed by atoms with Gasteiger partial charge in [0.2, 0.25) is 0 Å². The average molecular weight is 324 g/mol. The van der Waals surface area contributed by atoms with Crippen molar-refractivity contribution in [2.75, 3.05) is 23.4 Å². The number of ether oxygens (including phenoxy) is 2. The molecule has 5 heteroatoms. The normalized spacial score (nSPS) is 19.0. The number of benzene rings is 2. The number of nitrogens with one attached hydrogen (secondary N) is 1. The van der Waals surface area contributed by atoms with E-state index in [1.165, 1.54) is 0 Å². The molecule has 0 aliphatic carbocycles. The van der Waals surface area contributed by atoms with Gasteiger partial charge in [-0.05, 0) is 19.4 Å². The largest absolute Gasteiger partial charge is 0.486 e. The lowest BCUT2D eigenvalue weighted by molar-refractivity contribution is -0.120. The highest BCUT2D eigenvalue weighted by atomic mass is 16.6. The Balaban J connectivity index is 1.82. The van der Waals surface area contributed by atoms with Gasteiger partial charge in [-0.15, -0.1) is 0 Å². The number of nitrogens with zero attached hydrogens (tertiary/aromatic N) is 1. The van der Waals surface area contributed by atoms with Gasteiger partial charge < -0.3 is 19.7 Å². The van der Waals surface area contributed by atoms with Crippen molar-refractivity contribution in [2.45, 2.75) is 25.9 Å². The Bertz CT molecular complexity index is 774. The summed E-state index contributed by atoms with van der Waals surface area (Å²) >= 11 is 0. The van der Waals surface area contributed by atoms with Gasteiger partial charge in [0.1, 0.15) is 19.3 Å². The minimum atomic E-state index is -0.399. The van der Waals surface area contributed by atoms with Gasteiger partial charge in [-0.1, -0.05) is 30.3 Å². The molecule has 1 unspecified atom stereocenters. The molecule has 0 saturated carbocycles. The summed E-state index contributed by atoms with van der Waals surface area (Å²) in [6.45, 7) is 5.11. The average Bonchev–Trinajstić information content (AvgIpc) is 2.60. The quantitative estimate of drug-likeness (QED) is 0.920. The number of rotatable bonds is 2. The molecule has 24 heavy (non-hydrogen) atoms. The fourth-order valence-electron chi connectivity index (χ4n) is 3.27. The van der Waals surface area contributed by atoms with Crippen LogP contribution in [0.1, 0.15) is 25.5 Å². The second-order valence-electron chi connectivity index (χ2n) is 6.30. The highest BCUT2D eigenvalue weighted by molar-refractivity contribution is 6.06. The number of fused-ring (bicyclic) bond motifs is 2. The molecule has 0 radical (unpaired) electrons. The maximum Gasteiger partial charge on any atom is 0.254 e. The molecule has 0 aromatic heterocycles. The molecule has 1 amide bonds. The first kappa shape index (κ1) is 14.9. The van der Waals surface area contributed by atoms with Crippen LogP contribution in [0.5, 0.6) is 11.5 Å². The van der Waals surface area contributed by atoms with Crippen LogP contribution in [0.15, 0.2) is 42.5 Å². The summed E-state index contributed by atoms with van der Waals surface area (Å²) in [5.41, 5.74) is 2.68. The number of hydrogen-bond acceptors (Lipinski definition) is 4. The molecule has 0 saturated heterocycles. The van der Waals surface area contributed by atoms with Crippen molar-refractivity contribution in [1.29, 1.82) is 0 Å². The van der Waals surface area contributed by atoms with E-state index in [1.807, 2.05) is 61.2 Å². The standard InChI is InChI=1S/C19H20N2O3/c1-12(2)21-15-11-17-16(23-8-9-24-17)10-14(15)20-18(19(21)22)13-6-4-3-5-7-13/h3-7,10-12,18,20H,8-9H2,1-2H3. The topological polar surface area (TPSA) is 50.8 Å². The van der Waals surface area contributed by atoms with Gasteiger partial charge in [0.25, 0.3) is 5.91 Å². The lowest BCUT2D eigenvalue weighted by Gasteiger charge is -2.38. The number of carbonyl (C=O) groups excluding carboxylic acids is 1. The molecule has 4 rings (SSSR count). The molecular weight excluding hydrogens is 304 g/mol. The fourth-order valence-corrected chi connectivity index (χ4v) is 3.27. The highest BCUT2D eigenvalue weighted by Gasteiger charge is 2.36. The highest BCUT2D eigenvalue weighted by Crippen LogP contribution is 2.45. The van der Waals surface area contributed by atoms with Crippen molar-refractivity contribution in [3.05, 3.63) is 48.0 Å². The lowest BCUT2D eigenvalue weighted by Crippen LogP contribution is -2.46. The molecule has 0 bridgehead atoms. The zero-order valence-electron chi connectivity index (χ0n) is 13.8. The van der Waals surface area contributed by atoms with Crippen LogP contribution in [0.3, 0.4) is 0 Å². The third-order valence-corrected chi connectivity index (χ3v) is 4.35. The first-order valence-corrected chi connectivity index (χ1v) is 8.23. The summed E-state index contributed by atoms with van der Waals surface area (Å²) in [4.78, 5) is 14.9. The lowest BCUT2D eigenvalue weighted by atomic mass is 10.00. The molecule has 2 aromatic carbocycles. The van der Waals surface area contributed by atoms with E-state index in [0.29, 0.717) is 19.0 Å². The molecular formula is C19H20N2O3. The van der Waals surface area contributed by atoms with Crippen molar-refractivity contribution in [2.24, 2.45) is 0 Å². The summed E-state index contributed by atoms with van der Waals surface area (Å²) in [7, 11) is 0. The maximum absolute atomic E-state index is 13.1. The van der Waals surface area contributed by atoms with E-state index in [4.69, 9.17) is 9.47 Å². The van der Waals surface area contributed by atoms with Crippen LogP contribution >= 0.6 is 0 Å². The number of carbonyl (C=O) groups is 1. The molecule has 0 spiro atoms. The smallest absolute Gasteiger partial charge is 0.254 e. The SMILES string of the molecule is CC(C)N1C(=O)C(c2ccccc2)Nc2cc3c(cc21)OCCO3. The Morgan fingerprint density at radius 2 is 1.75 bits per heavy atom. The Morgan fingerprint density at radius 3 is 2.42 bits per heavy atom. The maximum atomic E-state index is 13.1. The van der Waals surface area contributed by atoms with E-state index in [0.717, 1.165) is 22.7 Å². The van der Waals surface area contributed by atoms with Crippen molar-refractivity contribution in [3.63, 3.8) is 0 Å². The molecule has 124 valence electrons. The third-order valence-electron chi connectivity index (χ3n) is 4.35. The van der Waals surface area contributed by atoms with Crippen LogP contribution in [-0.2, 0) is 4.79 Å². The van der Waals surface area contributed by atoms with Gasteiger partial charge in [0.05, 0.1) is 11.4 Å². The molecule has 1 atom stereocenters. The second-order valence-corrected chi connectivity index (χ2v) is 6.30. The van der Waals surface area contributed by atoms with Crippen molar-refractivity contribution >= 4 is 17.3 Å². The van der Waals surface area contributed by atoms with Crippen LogP contribution in [0.2, 0.25) is 0 Å². The van der Waals surface area contributed by atoms with E-state index < -0.39 is 6.04 Å². The van der Waals surface area contributed by atoms with Gasteiger partial charge in [-0.3, -0.25) is 4.79 Å². The molecule has 1 N–H and O–H groups in total. The zero-order chi connectivity index (χ0) is 16.7. The third kappa shape index (κ3) is 2.37. The van der Waals surface area contributed by atoms with E-state index in [1.54, 1.807) is 0 Å². The van der Waals surface area contributed by atoms with Gasteiger partial charge in [0.15, 0.2) is 11.5 Å².